The van der Waals surface area contributed by atoms with Gasteiger partial charge in [-0.1, -0.05) is 243 Å². The molecule has 0 aromatic heterocycles. The molecule has 0 saturated carbocycles. The predicted octanol–water partition coefficient (Wildman–Crippen LogP) is 11.0. The first-order valence-corrected chi connectivity index (χ1v) is 31.2. The largest absolute Gasteiger partial charge is 0.394 e. The van der Waals surface area contributed by atoms with E-state index in [9.17, 15) is 45.6 Å². The summed E-state index contributed by atoms with van der Waals surface area (Å²) in [4.78, 5) is 13.0. The van der Waals surface area contributed by atoms with Gasteiger partial charge >= 0.3 is 0 Å². The van der Waals surface area contributed by atoms with Gasteiger partial charge in [0.05, 0.1) is 32.0 Å². The van der Waals surface area contributed by atoms with Gasteiger partial charge in [0.1, 0.15) is 48.8 Å². The summed E-state index contributed by atoms with van der Waals surface area (Å²) >= 11 is 0. The zero-order valence-electron chi connectivity index (χ0n) is 48.0. The van der Waals surface area contributed by atoms with E-state index in [1.165, 1.54) is 193 Å². The molecule has 0 radical (unpaired) electrons. The molecule has 0 aromatic rings. The van der Waals surface area contributed by atoms with Crippen LogP contribution in [0.15, 0.2) is 36.5 Å². The standard InChI is InChI=1S/C62H115NO13/c1-3-5-7-8-9-10-11-12-13-14-15-16-17-18-19-20-21-22-23-24-25-26-27-28-29-30-31-32-33-34-35-36-37-38-39-40-41-42-44-46-54(67)63-50(51(66)45-43-6-4-2)49-73-61-59(72)57(70)60(53(48-65)75-61)76-62-58(71)56(69)55(68)52(47-64)74-62/h11-12,14-15,43,45,50-53,55-62,64-66,68-72H,3-10,13,16-42,44,46-49H2,1-2H3,(H,63,67)/b12-11-,15-14-,45-43+. The highest BCUT2D eigenvalue weighted by molar-refractivity contribution is 5.76. The Morgan fingerprint density at radius 3 is 1.34 bits per heavy atom. The Hall–Kier alpha value is -1.79. The number of nitrogens with one attached hydrogen (secondary N) is 1. The van der Waals surface area contributed by atoms with E-state index in [0.717, 1.165) is 38.5 Å². The van der Waals surface area contributed by atoms with Crippen molar-refractivity contribution in [1.29, 1.82) is 0 Å². The van der Waals surface area contributed by atoms with Crippen molar-refractivity contribution in [2.45, 2.75) is 331 Å². The molecular weight excluding hydrogens is 967 g/mol. The van der Waals surface area contributed by atoms with Crippen molar-refractivity contribution in [2.75, 3.05) is 19.8 Å². The van der Waals surface area contributed by atoms with Crippen LogP contribution >= 0.6 is 0 Å². The van der Waals surface area contributed by atoms with E-state index in [4.69, 9.17) is 18.9 Å². The summed E-state index contributed by atoms with van der Waals surface area (Å²) in [5.41, 5.74) is 0. The maximum absolute atomic E-state index is 13.0. The molecule has 1 amide bonds. The molecule has 12 atom stereocenters. The fourth-order valence-electron chi connectivity index (χ4n) is 10.3. The summed E-state index contributed by atoms with van der Waals surface area (Å²) in [6.07, 6.45) is 43.7. The minimum Gasteiger partial charge on any atom is -0.394 e. The van der Waals surface area contributed by atoms with E-state index in [-0.39, 0.29) is 18.9 Å². The van der Waals surface area contributed by atoms with Gasteiger partial charge in [0, 0.05) is 6.42 Å². The summed E-state index contributed by atoms with van der Waals surface area (Å²) in [5, 5.41) is 86.0. The molecule has 2 aliphatic rings. The molecule has 0 spiro atoms. The molecule has 2 saturated heterocycles. The molecule has 0 aliphatic carbocycles. The number of hydrogen-bond donors (Lipinski definition) is 9. The lowest BCUT2D eigenvalue weighted by atomic mass is 9.97. The van der Waals surface area contributed by atoms with Crippen LogP contribution in [0.4, 0.5) is 0 Å². The number of carbonyl (C=O) groups is 1. The van der Waals surface area contributed by atoms with Crippen molar-refractivity contribution in [3.8, 4) is 0 Å². The normalized spacial score (nSPS) is 25.1. The van der Waals surface area contributed by atoms with Crippen molar-refractivity contribution in [1.82, 2.24) is 5.32 Å². The average molecular weight is 1080 g/mol. The molecular formula is C62H115NO13. The van der Waals surface area contributed by atoms with Gasteiger partial charge in [-0.15, -0.1) is 0 Å². The minimum atomic E-state index is -1.78. The second-order valence-electron chi connectivity index (χ2n) is 22.2. The van der Waals surface area contributed by atoms with Gasteiger partial charge in [-0.25, -0.2) is 0 Å². The Kier molecular flexibility index (Phi) is 44.4. The number of allylic oxidation sites excluding steroid dienone is 5. The Labute approximate surface area is 461 Å². The van der Waals surface area contributed by atoms with Crippen LogP contribution in [0, 0.1) is 0 Å². The number of ether oxygens (including phenoxy) is 4. The van der Waals surface area contributed by atoms with E-state index in [1.54, 1.807) is 6.08 Å². The number of amides is 1. The van der Waals surface area contributed by atoms with E-state index >= 15 is 0 Å². The number of aliphatic hydroxyl groups is 8. The molecule has 2 heterocycles. The van der Waals surface area contributed by atoms with Crippen LogP contribution < -0.4 is 5.32 Å². The van der Waals surface area contributed by atoms with Crippen molar-refractivity contribution in [2.24, 2.45) is 0 Å². The van der Waals surface area contributed by atoms with Gasteiger partial charge in [0.25, 0.3) is 0 Å². The fourth-order valence-corrected chi connectivity index (χ4v) is 10.3. The molecule has 76 heavy (non-hydrogen) atoms. The lowest BCUT2D eigenvalue weighted by Gasteiger charge is -2.46. The molecule has 446 valence electrons. The number of carbonyl (C=O) groups excluding carboxylic acids is 1. The molecule has 0 bridgehead atoms. The van der Waals surface area contributed by atoms with Crippen LogP contribution in [0.3, 0.4) is 0 Å². The van der Waals surface area contributed by atoms with Crippen LogP contribution in [0.2, 0.25) is 0 Å². The SMILES string of the molecule is CCC/C=C/C(O)C(COC1OC(CO)C(OC2OC(CO)C(O)C(O)C2O)C(O)C1O)NC(=O)CCCCCCCCCCCCCCCCCCCCCCCCCCCCC/C=C\C/C=C\CCCCCCC. The zero-order chi connectivity index (χ0) is 55.3. The highest BCUT2D eigenvalue weighted by Gasteiger charge is 2.51. The maximum atomic E-state index is 13.0. The van der Waals surface area contributed by atoms with E-state index in [0.29, 0.717) is 6.42 Å². The van der Waals surface area contributed by atoms with Crippen molar-refractivity contribution < 1.29 is 64.6 Å². The topological polar surface area (TPSA) is 228 Å². The lowest BCUT2D eigenvalue weighted by molar-refractivity contribution is -0.359. The molecule has 2 aliphatic heterocycles. The summed E-state index contributed by atoms with van der Waals surface area (Å²) in [6.45, 7) is 2.56. The summed E-state index contributed by atoms with van der Waals surface area (Å²) in [7, 11) is 0. The summed E-state index contributed by atoms with van der Waals surface area (Å²) in [5.74, 6) is -0.248. The fraction of sp³-hybridized carbons (Fsp3) is 0.887. The Morgan fingerprint density at radius 1 is 0.474 bits per heavy atom. The van der Waals surface area contributed by atoms with Crippen molar-refractivity contribution in [3.63, 3.8) is 0 Å². The smallest absolute Gasteiger partial charge is 0.220 e. The Balaban J connectivity index is 1.42. The lowest BCUT2D eigenvalue weighted by Crippen LogP contribution is -2.65. The second-order valence-corrected chi connectivity index (χ2v) is 22.2. The maximum Gasteiger partial charge on any atom is 0.220 e. The Bertz CT molecular complexity index is 1410. The number of aliphatic hydroxyl groups excluding tert-OH is 8. The highest BCUT2D eigenvalue weighted by Crippen LogP contribution is 2.30. The van der Waals surface area contributed by atoms with Gasteiger partial charge in [0.15, 0.2) is 12.6 Å². The van der Waals surface area contributed by atoms with Gasteiger partial charge in [-0.05, 0) is 44.9 Å². The van der Waals surface area contributed by atoms with Gasteiger partial charge in [0.2, 0.25) is 5.91 Å². The van der Waals surface area contributed by atoms with Crippen LogP contribution in [0.1, 0.15) is 258 Å². The predicted molar refractivity (Wildman–Crippen MR) is 305 cm³/mol. The monoisotopic (exact) mass is 1080 g/mol. The quantitative estimate of drug-likeness (QED) is 0.0204. The molecule has 2 rings (SSSR count). The van der Waals surface area contributed by atoms with Crippen LogP contribution in [-0.4, -0.2) is 140 Å². The molecule has 12 unspecified atom stereocenters. The van der Waals surface area contributed by atoms with Crippen molar-refractivity contribution in [3.05, 3.63) is 36.5 Å². The average Bonchev–Trinajstić information content (AvgIpc) is 3.42. The van der Waals surface area contributed by atoms with E-state index < -0.39 is 86.8 Å². The summed E-state index contributed by atoms with van der Waals surface area (Å²) in [6, 6.07) is -0.907. The number of rotatable bonds is 50. The van der Waals surface area contributed by atoms with Gasteiger partial charge in [-0.3, -0.25) is 4.79 Å². The number of unbranched alkanes of at least 4 members (excludes halogenated alkanes) is 33. The van der Waals surface area contributed by atoms with Gasteiger partial charge in [-0.2, -0.15) is 0 Å². The zero-order valence-corrected chi connectivity index (χ0v) is 48.0. The first-order chi connectivity index (χ1) is 37.1. The molecule has 9 N–H and O–H groups in total. The molecule has 0 aromatic carbocycles. The van der Waals surface area contributed by atoms with Crippen molar-refractivity contribution >= 4 is 5.91 Å². The van der Waals surface area contributed by atoms with Crippen LogP contribution in [0.5, 0.6) is 0 Å². The van der Waals surface area contributed by atoms with E-state index in [2.05, 4.69) is 36.5 Å². The molecule has 14 nitrogen and oxygen atoms in total. The third-order valence-electron chi connectivity index (χ3n) is 15.3. The Morgan fingerprint density at radius 2 is 0.895 bits per heavy atom. The molecule has 2 fully saturated rings. The third-order valence-corrected chi connectivity index (χ3v) is 15.3. The third kappa shape index (κ3) is 33.1. The minimum absolute atomic E-state index is 0.248. The van der Waals surface area contributed by atoms with Gasteiger partial charge < -0.3 is 65.1 Å². The van der Waals surface area contributed by atoms with Crippen LogP contribution in [-0.2, 0) is 23.7 Å². The van der Waals surface area contributed by atoms with Crippen LogP contribution in [0.25, 0.3) is 0 Å². The summed E-state index contributed by atoms with van der Waals surface area (Å²) < 4.78 is 22.5. The molecule has 14 heteroatoms. The first-order valence-electron chi connectivity index (χ1n) is 31.2. The first kappa shape index (κ1) is 70.3. The highest BCUT2D eigenvalue weighted by atomic mass is 16.7. The van der Waals surface area contributed by atoms with E-state index in [1.807, 2.05) is 13.0 Å². The number of hydrogen-bond acceptors (Lipinski definition) is 13. The second kappa shape index (κ2) is 48.0.